The Morgan fingerprint density at radius 3 is 2.77 bits per heavy atom. The van der Waals surface area contributed by atoms with Gasteiger partial charge in [0.05, 0.1) is 17.1 Å². The van der Waals surface area contributed by atoms with E-state index in [0.29, 0.717) is 12.8 Å². The molecule has 0 radical (unpaired) electrons. The second kappa shape index (κ2) is 8.55. The fourth-order valence-electron chi connectivity index (χ4n) is 4.12. The van der Waals surface area contributed by atoms with E-state index >= 15 is 0 Å². The number of hydrogen-bond donors (Lipinski definition) is 1. The third-order valence-electron chi connectivity index (χ3n) is 5.57. The quantitative estimate of drug-likeness (QED) is 0.457. The first kappa shape index (κ1) is 19.8. The number of carbonyl (C=O) groups excluding carboxylic acids is 1. The van der Waals surface area contributed by atoms with Gasteiger partial charge in [-0.1, -0.05) is 30.3 Å². The molecule has 0 bridgehead atoms. The Hall–Kier alpha value is -3.12. The molecule has 1 N–H and O–H groups in total. The summed E-state index contributed by atoms with van der Waals surface area (Å²) >= 11 is 1.71. The molecule has 1 amide bonds. The monoisotopic (exact) mass is 431 g/mol. The standard InChI is InChI=1S/C25H22FN3OS/c26-17-10-11-23-19(16-17)20(14-15-31-23)28-25(30)13-12-24-27-21-8-4-5-9-22(21)29(24)18-6-2-1-3-7-18/h1-11,16,20H,12-15H2,(H,28,30). The summed E-state index contributed by atoms with van der Waals surface area (Å²) < 4.78 is 15.9. The number of imidazole rings is 1. The van der Waals surface area contributed by atoms with Gasteiger partial charge in [0.2, 0.25) is 5.91 Å². The summed E-state index contributed by atoms with van der Waals surface area (Å²) in [6, 6.07) is 22.7. The third kappa shape index (κ3) is 4.08. The van der Waals surface area contributed by atoms with Gasteiger partial charge in [-0.25, -0.2) is 9.37 Å². The number of halogens is 1. The van der Waals surface area contributed by atoms with Crippen molar-refractivity contribution >= 4 is 28.7 Å². The molecule has 0 fully saturated rings. The molecule has 31 heavy (non-hydrogen) atoms. The molecule has 4 aromatic rings. The van der Waals surface area contributed by atoms with E-state index < -0.39 is 0 Å². The minimum atomic E-state index is -0.267. The Balaban J connectivity index is 1.35. The van der Waals surface area contributed by atoms with Crippen molar-refractivity contribution in [2.45, 2.75) is 30.2 Å². The second-order valence-corrected chi connectivity index (χ2v) is 8.76. The van der Waals surface area contributed by atoms with Gasteiger partial charge in [0, 0.05) is 29.2 Å². The molecule has 5 rings (SSSR count). The molecule has 2 heterocycles. The fraction of sp³-hybridized carbons (Fsp3) is 0.200. The SMILES string of the molecule is O=C(CCc1nc2ccccc2n1-c1ccccc1)NC1CCSc2ccc(F)cc21. The Kier molecular flexibility index (Phi) is 5.47. The highest BCUT2D eigenvalue weighted by atomic mass is 32.2. The van der Waals surface area contributed by atoms with Crippen LogP contribution >= 0.6 is 11.8 Å². The van der Waals surface area contributed by atoms with Crippen molar-refractivity contribution in [3.8, 4) is 5.69 Å². The maximum absolute atomic E-state index is 13.7. The summed E-state index contributed by atoms with van der Waals surface area (Å²) in [7, 11) is 0. The average Bonchev–Trinajstić information content (AvgIpc) is 3.17. The number of hydrogen-bond acceptors (Lipinski definition) is 3. The van der Waals surface area contributed by atoms with Crippen LogP contribution in [0.5, 0.6) is 0 Å². The summed E-state index contributed by atoms with van der Waals surface area (Å²) in [5.74, 6) is 1.46. The Morgan fingerprint density at radius 1 is 1.10 bits per heavy atom. The molecule has 1 aliphatic rings. The van der Waals surface area contributed by atoms with Crippen molar-refractivity contribution < 1.29 is 9.18 Å². The molecule has 0 aliphatic carbocycles. The van der Waals surface area contributed by atoms with Gasteiger partial charge in [0.15, 0.2) is 0 Å². The van der Waals surface area contributed by atoms with Gasteiger partial charge in [0.25, 0.3) is 0 Å². The van der Waals surface area contributed by atoms with Crippen LogP contribution in [0.25, 0.3) is 16.7 Å². The predicted octanol–water partition coefficient (Wildman–Crippen LogP) is 5.45. The third-order valence-corrected chi connectivity index (χ3v) is 6.69. The molecule has 1 aromatic heterocycles. The molecule has 6 heteroatoms. The van der Waals surface area contributed by atoms with Crippen LogP contribution in [0.2, 0.25) is 0 Å². The lowest BCUT2D eigenvalue weighted by molar-refractivity contribution is -0.121. The molecular weight excluding hydrogens is 409 g/mol. The normalized spacial score (nSPS) is 15.6. The van der Waals surface area contributed by atoms with E-state index in [-0.39, 0.29) is 17.8 Å². The first-order valence-corrected chi connectivity index (χ1v) is 11.4. The number of rotatable bonds is 5. The zero-order chi connectivity index (χ0) is 21.2. The summed E-state index contributed by atoms with van der Waals surface area (Å²) in [5, 5.41) is 3.11. The van der Waals surface area contributed by atoms with E-state index in [4.69, 9.17) is 4.98 Å². The highest BCUT2D eigenvalue weighted by Crippen LogP contribution is 2.36. The van der Waals surface area contributed by atoms with Gasteiger partial charge in [0.1, 0.15) is 11.6 Å². The number of amides is 1. The molecule has 0 spiro atoms. The van der Waals surface area contributed by atoms with Crippen LogP contribution in [0.1, 0.15) is 30.3 Å². The summed E-state index contributed by atoms with van der Waals surface area (Å²) in [4.78, 5) is 18.6. The van der Waals surface area contributed by atoms with Crippen molar-refractivity contribution in [1.29, 1.82) is 0 Å². The van der Waals surface area contributed by atoms with Gasteiger partial charge < -0.3 is 5.32 Å². The van der Waals surface area contributed by atoms with Crippen molar-refractivity contribution in [2.75, 3.05) is 5.75 Å². The number of aryl methyl sites for hydroxylation is 1. The van der Waals surface area contributed by atoms with Gasteiger partial charge >= 0.3 is 0 Å². The lowest BCUT2D eigenvalue weighted by Crippen LogP contribution is -2.31. The van der Waals surface area contributed by atoms with Crippen LogP contribution in [-0.2, 0) is 11.2 Å². The van der Waals surface area contributed by atoms with Crippen LogP contribution < -0.4 is 5.32 Å². The van der Waals surface area contributed by atoms with E-state index in [1.807, 2.05) is 54.6 Å². The number of carbonyl (C=O) groups is 1. The van der Waals surface area contributed by atoms with Crippen molar-refractivity contribution in [2.24, 2.45) is 0 Å². The van der Waals surface area contributed by atoms with Crippen LogP contribution in [0.3, 0.4) is 0 Å². The van der Waals surface area contributed by atoms with E-state index in [9.17, 15) is 9.18 Å². The van der Waals surface area contributed by atoms with E-state index in [1.54, 1.807) is 23.9 Å². The maximum atomic E-state index is 13.7. The molecule has 3 aromatic carbocycles. The number of benzene rings is 3. The summed E-state index contributed by atoms with van der Waals surface area (Å²) in [6.07, 6.45) is 1.65. The molecule has 1 atom stereocenters. The topological polar surface area (TPSA) is 46.9 Å². The zero-order valence-electron chi connectivity index (χ0n) is 16.9. The first-order chi connectivity index (χ1) is 15.2. The number of fused-ring (bicyclic) bond motifs is 2. The lowest BCUT2D eigenvalue weighted by Gasteiger charge is -2.26. The van der Waals surface area contributed by atoms with Gasteiger partial charge in [-0.15, -0.1) is 11.8 Å². The predicted molar refractivity (Wildman–Crippen MR) is 122 cm³/mol. The number of aromatic nitrogens is 2. The molecular formula is C25H22FN3OS. The molecule has 1 aliphatic heterocycles. The van der Waals surface area contributed by atoms with Crippen molar-refractivity contribution in [3.05, 3.63) is 90.0 Å². The summed E-state index contributed by atoms with van der Waals surface area (Å²) in [5.41, 5.74) is 3.84. The van der Waals surface area contributed by atoms with Crippen LogP contribution in [0.4, 0.5) is 4.39 Å². The summed E-state index contributed by atoms with van der Waals surface area (Å²) in [6.45, 7) is 0. The van der Waals surface area contributed by atoms with Crippen LogP contribution in [0.15, 0.2) is 77.7 Å². The van der Waals surface area contributed by atoms with E-state index in [0.717, 1.165) is 45.2 Å². The van der Waals surface area contributed by atoms with E-state index in [1.165, 1.54) is 6.07 Å². The maximum Gasteiger partial charge on any atom is 0.220 e. The molecule has 0 saturated heterocycles. The Morgan fingerprint density at radius 2 is 1.90 bits per heavy atom. The number of thioether (sulfide) groups is 1. The van der Waals surface area contributed by atoms with Gasteiger partial charge in [-0.05, 0) is 54.4 Å². The number of nitrogens with one attached hydrogen (secondary N) is 1. The minimum absolute atomic E-state index is 0.0428. The fourth-order valence-corrected chi connectivity index (χ4v) is 5.22. The second-order valence-electron chi connectivity index (χ2n) is 7.63. The van der Waals surface area contributed by atoms with Crippen molar-refractivity contribution in [1.82, 2.24) is 14.9 Å². The highest BCUT2D eigenvalue weighted by molar-refractivity contribution is 7.99. The largest absolute Gasteiger partial charge is 0.349 e. The van der Waals surface area contributed by atoms with E-state index in [2.05, 4.69) is 9.88 Å². The molecule has 0 saturated carbocycles. The minimum Gasteiger partial charge on any atom is -0.349 e. The average molecular weight is 432 g/mol. The molecule has 1 unspecified atom stereocenters. The highest BCUT2D eigenvalue weighted by Gasteiger charge is 2.23. The first-order valence-electron chi connectivity index (χ1n) is 10.4. The van der Waals surface area contributed by atoms with Gasteiger partial charge in [-0.2, -0.15) is 0 Å². The Bertz CT molecular complexity index is 1240. The number of para-hydroxylation sites is 3. The number of nitrogens with zero attached hydrogens (tertiary/aromatic N) is 2. The Labute approximate surface area is 184 Å². The van der Waals surface area contributed by atoms with Crippen LogP contribution in [0, 0.1) is 5.82 Å². The zero-order valence-corrected chi connectivity index (χ0v) is 17.7. The lowest BCUT2D eigenvalue weighted by atomic mass is 10.0. The molecule has 4 nitrogen and oxygen atoms in total. The smallest absolute Gasteiger partial charge is 0.220 e. The molecule has 156 valence electrons. The van der Waals surface area contributed by atoms with Crippen LogP contribution in [-0.4, -0.2) is 21.2 Å². The van der Waals surface area contributed by atoms with Crippen molar-refractivity contribution in [3.63, 3.8) is 0 Å². The van der Waals surface area contributed by atoms with Gasteiger partial charge in [-0.3, -0.25) is 9.36 Å².